The number of amides is 1. The minimum absolute atomic E-state index is 0.0542. The highest BCUT2D eigenvalue weighted by Crippen LogP contribution is 2.15. The summed E-state index contributed by atoms with van der Waals surface area (Å²) in [6.45, 7) is 10.4. The van der Waals surface area contributed by atoms with Gasteiger partial charge in [0.05, 0.1) is 24.2 Å². The summed E-state index contributed by atoms with van der Waals surface area (Å²) in [5.74, 6) is -0.0354. The van der Waals surface area contributed by atoms with E-state index in [0.29, 0.717) is 12.1 Å². The second-order valence-corrected chi connectivity index (χ2v) is 7.73. The van der Waals surface area contributed by atoms with Gasteiger partial charge >= 0.3 is 0 Å². The second kappa shape index (κ2) is 9.50. The zero-order valence-electron chi connectivity index (χ0n) is 16.5. The van der Waals surface area contributed by atoms with Gasteiger partial charge in [0.25, 0.3) is 0 Å². The molecule has 0 saturated carbocycles. The van der Waals surface area contributed by atoms with Gasteiger partial charge in [0.15, 0.2) is 0 Å². The lowest BCUT2D eigenvalue weighted by atomic mass is 9.90. The average molecular weight is 367 g/mol. The van der Waals surface area contributed by atoms with Gasteiger partial charge in [-0.25, -0.2) is 0 Å². The van der Waals surface area contributed by atoms with E-state index in [0.717, 1.165) is 39.1 Å². The number of carbonyl (C=O) groups excluding carboxylic acids is 1. The Balaban J connectivity index is 1.84. The van der Waals surface area contributed by atoms with Crippen LogP contribution in [0, 0.1) is 28.6 Å². The maximum absolute atomic E-state index is 12.4. The minimum Gasteiger partial charge on any atom is -0.337 e. The highest BCUT2D eigenvalue weighted by atomic mass is 16.2. The number of hydrogen-bond donors (Lipinski definition) is 1. The van der Waals surface area contributed by atoms with E-state index in [9.17, 15) is 10.1 Å². The van der Waals surface area contributed by atoms with Gasteiger partial charge in [0, 0.05) is 19.6 Å². The van der Waals surface area contributed by atoms with Gasteiger partial charge in [-0.2, -0.15) is 10.5 Å². The molecule has 6 nitrogen and oxygen atoms in total. The molecule has 6 heteroatoms. The van der Waals surface area contributed by atoms with Crippen LogP contribution in [0.1, 0.15) is 38.3 Å². The van der Waals surface area contributed by atoms with E-state index in [2.05, 4.69) is 27.3 Å². The number of nitrogens with one attached hydrogen (secondary N) is 1. The number of hydrogen-bond acceptors (Lipinski definition) is 5. The molecule has 0 aliphatic carbocycles. The fourth-order valence-corrected chi connectivity index (χ4v) is 3.12. The molecule has 1 aliphatic rings. The highest BCUT2D eigenvalue weighted by molar-refractivity contribution is 5.79. The molecule has 1 saturated heterocycles. The summed E-state index contributed by atoms with van der Waals surface area (Å²) in [6, 6.07) is 12.1. The van der Waals surface area contributed by atoms with E-state index in [4.69, 9.17) is 5.26 Å². The van der Waals surface area contributed by atoms with Crippen LogP contribution in [0.3, 0.4) is 0 Å². The van der Waals surface area contributed by atoms with E-state index in [-0.39, 0.29) is 11.8 Å². The zero-order chi connectivity index (χ0) is 19.9. The van der Waals surface area contributed by atoms with Crippen molar-refractivity contribution in [2.45, 2.75) is 39.3 Å². The first-order valence-electron chi connectivity index (χ1n) is 9.52. The number of carbonyl (C=O) groups is 1. The molecule has 1 atom stereocenters. The lowest BCUT2D eigenvalue weighted by Gasteiger charge is -2.29. The van der Waals surface area contributed by atoms with Crippen LogP contribution in [0.4, 0.5) is 0 Å². The Morgan fingerprint density at radius 2 is 1.78 bits per heavy atom. The summed E-state index contributed by atoms with van der Waals surface area (Å²) in [5, 5.41) is 21.1. The van der Waals surface area contributed by atoms with Crippen LogP contribution in [0.25, 0.3) is 0 Å². The fraction of sp³-hybridized carbons (Fsp3) is 0.571. The molecule has 1 fully saturated rings. The van der Waals surface area contributed by atoms with Gasteiger partial charge in [-0.05, 0) is 50.0 Å². The molecule has 0 spiro atoms. The fourth-order valence-electron chi connectivity index (χ4n) is 3.12. The van der Waals surface area contributed by atoms with Crippen LogP contribution < -0.4 is 5.32 Å². The van der Waals surface area contributed by atoms with Crippen LogP contribution in [-0.4, -0.2) is 54.0 Å². The Bertz CT molecular complexity index is 716. The molecule has 1 unspecified atom stereocenters. The Hall–Kier alpha value is -2.41. The lowest BCUT2D eigenvalue weighted by Crippen LogP contribution is -2.52. The summed E-state index contributed by atoms with van der Waals surface area (Å²) in [5.41, 5.74) is 1.05. The molecule has 144 valence electrons. The van der Waals surface area contributed by atoms with Crippen molar-refractivity contribution in [2.75, 3.05) is 32.7 Å². The highest BCUT2D eigenvalue weighted by Gasteiger charge is 2.30. The largest absolute Gasteiger partial charge is 0.337 e. The normalized spacial score (nSPS) is 18.1. The standard InChI is InChI=1S/C21H29N5O/c1-17(2)21(3,16-23)24-20(27)15-26-10-4-9-25(11-12-26)14-19-7-5-18(13-22)6-8-19/h5-8,17H,4,9-12,14-15H2,1-3H3,(H,24,27). The number of nitrogens with zero attached hydrogens (tertiary/aromatic N) is 4. The SMILES string of the molecule is CC(C)C(C)(C#N)NC(=O)CN1CCCN(Cc2ccc(C#N)cc2)CC1. The first kappa shape index (κ1) is 20.9. The predicted octanol–water partition coefficient (Wildman–Crippen LogP) is 2.12. The first-order valence-corrected chi connectivity index (χ1v) is 9.52. The number of benzene rings is 1. The summed E-state index contributed by atoms with van der Waals surface area (Å²) in [7, 11) is 0. The molecule has 27 heavy (non-hydrogen) atoms. The van der Waals surface area contributed by atoms with Crippen molar-refractivity contribution in [1.29, 1.82) is 10.5 Å². The first-order chi connectivity index (χ1) is 12.9. The second-order valence-electron chi connectivity index (χ2n) is 7.73. The van der Waals surface area contributed by atoms with E-state index in [1.165, 1.54) is 5.56 Å². The third kappa shape index (κ3) is 6.06. The van der Waals surface area contributed by atoms with Crippen molar-refractivity contribution < 1.29 is 4.79 Å². The molecule has 0 bridgehead atoms. The van der Waals surface area contributed by atoms with Crippen molar-refractivity contribution in [3.63, 3.8) is 0 Å². The number of rotatable bonds is 6. The topological polar surface area (TPSA) is 83.2 Å². The van der Waals surface area contributed by atoms with Gasteiger partial charge in [0.1, 0.15) is 5.54 Å². The quantitative estimate of drug-likeness (QED) is 0.833. The van der Waals surface area contributed by atoms with Crippen molar-refractivity contribution in [2.24, 2.45) is 5.92 Å². The smallest absolute Gasteiger partial charge is 0.235 e. The molecule has 1 aliphatic heterocycles. The molecule has 0 aromatic heterocycles. The molecule has 1 aromatic rings. The third-order valence-electron chi connectivity index (χ3n) is 5.32. The van der Waals surface area contributed by atoms with E-state index < -0.39 is 5.54 Å². The van der Waals surface area contributed by atoms with Crippen molar-refractivity contribution in [1.82, 2.24) is 15.1 Å². The zero-order valence-corrected chi connectivity index (χ0v) is 16.5. The van der Waals surface area contributed by atoms with Crippen LogP contribution in [0.5, 0.6) is 0 Å². The van der Waals surface area contributed by atoms with Gasteiger partial charge in [-0.1, -0.05) is 26.0 Å². The van der Waals surface area contributed by atoms with E-state index in [1.807, 2.05) is 38.1 Å². The minimum atomic E-state index is -0.829. The predicted molar refractivity (Wildman–Crippen MR) is 104 cm³/mol. The molecule has 1 N–H and O–H groups in total. The van der Waals surface area contributed by atoms with Crippen LogP contribution in [-0.2, 0) is 11.3 Å². The lowest BCUT2D eigenvalue weighted by molar-refractivity contribution is -0.123. The van der Waals surface area contributed by atoms with Gasteiger partial charge in [-0.15, -0.1) is 0 Å². The Morgan fingerprint density at radius 1 is 1.15 bits per heavy atom. The van der Waals surface area contributed by atoms with Gasteiger partial charge < -0.3 is 5.32 Å². The monoisotopic (exact) mass is 367 g/mol. The molecule has 1 aromatic carbocycles. The molecule has 0 radical (unpaired) electrons. The Morgan fingerprint density at radius 3 is 2.37 bits per heavy atom. The van der Waals surface area contributed by atoms with Crippen LogP contribution in [0.2, 0.25) is 0 Å². The summed E-state index contributed by atoms with van der Waals surface area (Å²) >= 11 is 0. The van der Waals surface area contributed by atoms with E-state index in [1.54, 1.807) is 6.92 Å². The average Bonchev–Trinajstić information content (AvgIpc) is 2.87. The van der Waals surface area contributed by atoms with Crippen molar-refractivity contribution in [3.05, 3.63) is 35.4 Å². The molecule has 1 amide bonds. The summed E-state index contributed by atoms with van der Waals surface area (Å²) < 4.78 is 0. The Kier molecular flexibility index (Phi) is 7.36. The molecule has 1 heterocycles. The maximum atomic E-state index is 12.4. The molecule has 2 rings (SSSR count). The Labute approximate surface area is 162 Å². The molecular weight excluding hydrogens is 338 g/mol. The maximum Gasteiger partial charge on any atom is 0.235 e. The van der Waals surface area contributed by atoms with Crippen molar-refractivity contribution in [3.8, 4) is 12.1 Å². The van der Waals surface area contributed by atoms with Gasteiger partial charge in [-0.3, -0.25) is 14.6 Å². The summed E-state index contributed by atoms with van der Waals surface area (Å²) in [6.07, 6.45) is 1.00. The number of nitriles is 2. The van der Waals surface area contributed by atoms with Crippen LogP contribution in [0.15, 0.2) is 24.3 Å². The van der Waals surface area contributed by atoms with Gasteiger partial charge in [0.2, 0.25) is 5.91 Å². The summed E-state index contributed by atoms with van der Waals surface area (Å²) in [4.78, 5) is 16.9. The molecular formula is C21H29N5O. The van der Waals surface area contributed by atoms with Crippen LogP contribution >= 0.6 is 0 Å². The third-order valence-corrected chi connectivity index (χ3v) is 5.32. The van der Waals surface area contributed by atoms with Crippen molar-refractivity contribution >= 4 is 5.91 Å². The van der Waals surface area contributed by atoms with E-state index >= 15 is 0 Å².